The summed E-state index contributed by atoms with van der Waals surface area (Å²) in [5.41, 5.74) is 3.58. The summed E-state index contributed by atoms with van der Waals surface area (Å²) in [7, 11) is 0. The normalized spacial score (nSPS) is 11.9. The van der Waals surface area contributed by atoms with Gasteiger partial charge in [0.15, 0.2) is 6.54 Å². The van der Waals surface area contributed by atoms with Crippen molar-refractivity contribution in [1.29, 1.82) is 0 Å². The van der Waals surface area contributed by atoms with E-state index in [1.54, 1.807) is 11.3 Å². The summed E-state index contributed by atoms with van der Waals surface area (Å²) in [5, 5.41) is 7.91. The Morgan fingerprint density at radius 3 is 2.67 bits per heavy atom. The SMILES string of the molecule is Cc1ccc([C@@H]([NH2+]CC(=O)NCCc2cccc(Cl)c2)c2cccs2)cc1. The molecular weight excluding hydrogens is 376 g/mol. The van der Waals surface area contributed by atoms with Gasteiger partial charge in [-0.3, -0.25) is 4.79 Å². The van der Waals surface area contributed by atoms with E-state index >= 15 is 0 Å². The molecule has 3 rings (SSSR count). The average molecular weight is 400 g/mol. The van der Waals surface area contributed by atoms with Gasteiger partial charge in [0.2, 0.25) is 0 Å². The molecule has 1 heterocycles. The molecule has 0 radical (unpaired) electrons. The second-order valence-corrected chi connectivity index (χ2v) is 7.99. The maximum Gasteiger partial charge on any atom is 0.275 e. The Kier molecular flexibility index (Phi) is 7.04. The number of amides is 1. The van der Waals surface area contributed by atoms with Crippen molar-refractivity contribution in [3.63, 3.8) is 0 Å². The maximum atomic E-state index is 12.3. The number of rotatable bonds is 8. The Bertz CT molecular complexity index is 862. The molecule has 0 unspecified atom stereocenters. The molecule has 3 nitrogen and oxygen atoms in total. The molecule has 0 aliphatic rings. The lowest BCUT2D eigenvalue weighted by molar-refractivity contribution is -0.676. The molecule has 0 saturated heterocycles. The number of benzene rings is 2. The quantitative estimate of drug-likeness (QED) is 0.595. The van der Waals surface area contributed by atoms with E-state index in [1.807, 2.05) is 24.3 Å². The lowest BCUT2D eigenvalue weighted by Crippen LogP contribution is -2.87. The smallest absolute Gasteiger partial charge is 0.275 e. The third kappa shape index (κ3) is 5.93. The second-order valence-electron chi connectivity index (χ2n) is 6.57. The molecule has 1 atom stereocenters. The molecule has 3 aromatic rings. The molecule has 0 bridgehead atoms. The molecule has 5 heteroatoms. The van der Waals surface area contributed by atoms with E-state index < -0.39 is 0 Å². The minimum atomic E-state index is 0.0469. The van der Waals surface area contributed by atoms with Crippen molar-refractivity contribution in [2.45, 2.75) is 19.4 Å². The zero-order chi connectivity index (χ0) is 19.1. The standard InChI is InChI=1S/C22H23ClN2OS/c1-16-7-9-18(10-8-16)22(20-6-3-13-27-20)25-15-21(26)24-12-11-17-4-2-5-19(23)14-17/h2-10,13-14,22,25H,11-12,15H2,1H3,(H,24,26)/p+1/t22-/m1/s1. The highest BCUT2D eigenvalue weighted by atomic mass is 35.5. The maximum absolute atomic E-state index is 12.3. The van der Waals surface area contributed by atoms with Gasteiger partial charge in [0.05, 0.1) is 4.88 Å². The summed E-state index contributed by atoms with van der Waals surface area (Å²) in [6, 6.07) is 20.6. The van der Waals surface area contributed by atoms with Crippen molar-refractivity contribution in [1.82, 2.24) is 5.32 Å². The van der Waals surface area contributed by atoms with Gasteiger partial charge >= 0.3 is 0 Å². The van der Waals surface area contributed by atoms with Crippen LogP contribution in [0.2, 0.25) is 5.02 Å². The zero-order valence-electron chi connectivity index (χ0n) is 15.3. The number of nitrogens with two attached hydrogens (primary N) is 1. The first-order chi connectivity index (χ1) is 13.1. The monoisotopic (exact) mass is 399 g/mol. The number of carbonyl (C=O) groups is 1. The lowest BCUT2D eigenvalue weighted by Gasteiger charge is -2.15. The Morgan fingerprint density at radius 1 is 1.15 bits per heavy atom. The molecule has 2 aromatic carbocycles. The number of nitrogens with one attached hydrogen (secondary N) is 1. The summed E-state index contributed by atoms with van der Waals surface area (Å²) in [6.45, 7) is 3.09. The fraction of sp³-hybridized carbons (Fsp3) is 0.227. The van der Waals surface area contributed by atoms with Crippen LogP contribution in [0.3, 0.4) is 0 Å². The van der Waals surface area contributed by atoms with Gasteiger partial charge in [-0.25, -0.2) is 0 Å². The lowest BCUT2D eigenvalue weighted by atomic mass is 10.0. The number of aryl methyl sites for hydroxylation is 1. The molecule has 0 saturated carbocycles. The number of carbonyl (C=O) groups excluding carboxylic acids is 1. The first-order valence-electron chi connectivity index (χ1n) is 9.06. The van der Waals surface area contributed by atoms with Crippen molar-refractivity contribution >= 4 is 28.8 Å². The van der Waals surface area contributed by atoms with E-state index in [0.29, 0.717) is 13.1 Å². The van der Waals surface area contributed by atoms with Crippen molar-refractivity contribution < 1.29 is 10.1 Å². The third-order valence-electron chi connectivity index (χ3n) is 4.45. The Balaban J connectivity index is 1.53. The van der Waals surface area contributed by atoms with E-state index in [4.69, 9.17) is 11.6 Å². The van der Waals surface area contributed by atoms with Gasteiger partial charge in [0, 0.05) is 17.1 Å². The molecule has 0 fully saturated rings. The second kappa shape index (κ2) is 9.70. The molecule has 1 aromatic heterocycles. The van der Waals surface area contributed by atoms with Gasteiger partial charge in [-0.15, -0.1) is 11.3 Å². The first kappa shape index (κ1) is 19.6. The van der Waals surface area contributed by atoms with Gasteiger partial charge in [0.1, 0.15) is 6.04 Å². The topological polar surface area (TPSA) is 45.7 Å². The molecule has 0 aliphatic heterocycles. The van der Waals surface area contributed by atoms with Crippen molar-refractivity contribution in [2.24, 2.45) is 0 Å². The summed E-state index contributed by atoms with van der Waals surface area (Å²) < 4.78 is 0. The highest BCUT2D eigenvalue weighted by molar-refractivity contribution is 7.10. The minimum absolute atomic E-state index is 0.0469. The van der Waals surface area contributed by atoms with Crippen LogP contribution in [0, 0.1) is 6.92 Å². The van der Waals surface area contributed by atoms with E-state index in [1.165, 1.54) is 16.0 Å². The predicted octanol–water partition coefficient (Wildman–Crippen LogP) is 3.72. The largest absolute Gasteiger partial charge is 0.351 e. The van der Waals surface area contributed by atoms with Crippen molar-refractivity contribution in [2.75, 3.05) is 13.1 Å². The highest BCUT2D eigenvalue weighted by Crippen LogP contribution is 2.22. The first-order valence-corrected chi connectivity index (χ1v) is 10.3. The van der Waals surface area contributed by atoms with Crippen molar-refractivity contribution in [3.8, 4) is 0 Å². The summed E-state index contributed by atoms with van der Waals surface area (Å²) in [4.78, 5) is 13.5. The minimum Gasteiger partial charge on any atom is -0.351 e. The van der Waals surface area contributed by atoms with Crippen LogP contribution < -0.4 is 10.6 Å². The van der Waals surface area contributed by atoms with Crippen molar-refractivity contribution in [3.05, 3.63) is 92.6 Å². The van der Waals surface area contributed by atoms with Gasteiger partial charge in [-0.05, 0) is 42.5 Å². The van der Waals surface area contributed by atoms with Crippen LogP contribution in [0.5, 0.6) is 0 Å². The number of quaternary nitrogens is 1. The molecule has 0 aliphatic carbocycles. The predicted molar refractivity (Wildman–Crippen MR) is 112 cm³/mol. The number of hydrogen-bond donors (Lipinski definition) is 2. The Labute approximate surface area is 169 Å². The number of hydrogen-bond acceptors (Lipinski definition) is 2. The van der Waals surface area contributed by atoms with Crippen LogP contribution in [0.4, 0.5) is 0 Å². The Morgan fingerprint density at radius 2 is 1.96 bits per heavy atom. The van der Waals surface area contributed by atoms with Gasteiger partial charge < -0.3 is 10.6 Å². The summed E-state index contributed by atoms with van der Waals surface area (Å²) in [5.74, 6) is 0.0469. The van der Waals surface area contributed by atoms with Crippen LogP contribution in [0.25, 0.3) is 0 Å². The molecule has 1 amide bonds. The van der Waals surface area contributed by atoms with Crippen LogP contribution >= 0.6 is 22.9 Å². The van der Waals surface area contributed by atoms with E-state index in [2.05, 4.69) is 59.3 Å². The van der Waals surface area contributed by atoms with E-state index in [-0.39, 0.29) is 11.9 Å². The highest BCUT2D eigenvalue weighted by Gasteiger charge is 2.19. The molecule has 3 N–H and O–H groups in total. The summed E-state index contributed by atoms with van der Waals surface area (Å²) in [6.07, 6.45) is 0.776. The molecular formula is C22H24ClN2OS+. The zero-order valence-corrected chi connectivity index (χ0v) is 16.9. The fourth-order valence-electron chi connectivity index (χ4n) is 2.99. The average Bonchev–Trinajstić information content (AvgIpc) is 3.18. The number of halogens is 1. The molecule has 140 valence electrons. The van der Waals surface area contributed by atoms with Crippen LogP contribution in [0.1, 0.15) is 27.6 Å². The molecule has 0 spiro atoms. The van der Waals surface area contributed by atoms with Gasteiger partial charge in [-0.2, -0.15) is 0 Å². The van der Waals surface area contributed by atoms with E-state index in [0.717, 1.165) is 17.0 Å². The number of thiophene rings is 1. The van der Waals surface area contributed by atoms with Crippen LogP contribution in [0.15, 0.2) is 66.0 Å². The Hall–Kier alpha value is -2.14. The fourth-order valence-corrected chi connectivity index (χ4v) is 4.06. The van der Waals surface area contributed by atoms with Crippen LogP contribution in [-0.2, 0) is 11.2 Å². The summed E-state index contributed by atoms with van der Waals surface area (Å²) >= 11 is 7.72. The molecule has 27 heavy (non-hydrogen) atoms. The van der Waals surface area contributed by atoms with E-state index in [9.17, 15) is 4.79 Å². The van der Waals surface area contributed by atoms with Gasteiger partial charge in [-0.1, -0.05) is 59.6 Å². The van der Waals surface area contributed by atoms with Gasteiger partial charge in [0.25, 0.3) is 5.91 Å². The third-order valence-corrected chi connectivity index (χ3v) is 5.64. The van der Waals surface area contributed by atoms with Crippen LogP contribution in [-0.4, -0.2) is 19.0 Å².